The second kappa shape index (κ2) is 6.24. The van der Waals surface area contributed by atoms with E-state index in [0.29, 0.717) is 40.3 Å². The number of ether oxygens (including phenoxy) is 1. The number of hydrogen-bond donors (Lipinski definition) is 2. The van der Waals surface area contributed by atoms with Crippen LogP contribution in [0.5, 0.6) is 0 Å². The zero-order valence-corrected chi connectivity index (χ0v) is 16.5. The molecule has 0 aliphatic carbocycles. The van der Waals surface area contributed by atoms with Crippen LogP contribution >= 0.6 is 0 Å². The number of rotatable bonds is 2. The van der Waals surface area contributed by atoms with Gasteiger partial charge in [0.2, 0.25) is 5.91 Å². The van der Waals surface area contributed by atoms with Crippen molar-refractivity contribution in [3.8, 4) is 11.4 Å². The number of cyclic esters (lactones) is 1. The van der Waals surface area contributed by atoms with Crippen LogP contribution in [-0.4, -0.2) is 26.5 Å². The minimum atomic E-state index is -1.84. The minimum absolute atomic E-state index is 0.103. The molecule has 30 heavy (non-hydrogen) atoms. The number of carbonyl (C=O) groups is 2. The summed E-state index contributed by atoms with van der Waals surface area (Å²) in [7, 11) is 0. The van der Waals surface area contributed by atoms with Crippen molar-refractivity contribution in [2.75, 3.05) is 5.32 Å². The van der Waals surface area contributed by atoms with E-state index in [1.807, 2.05) is 12.1 Å². The maximum absolute atomic E-state index is 13.1. The molecule has 8 heteroatoms. The summed E-state index contributed by atoms with van der Waals surface area (Å²) in [4.78, 5) is 41.4. The average Bonchev–Trinajstić information content (AvgIpc) is 3.07. The van der Waals surface area contributed by atoms with Crippen LogP contribution < -0.4 is 10.9 Å². The Morgan fingerprint density at radius 3 is 2.83 bits per heavy atom. The summed E-state index contributed by atoms with van der Waals surface area (Å²) in [5.74, 6) is -0.898. The molecule has 2 aromatic heterocycles. The van der Waals surface area contributed by atoms with Crippen LogP contribution in [-0.2, 0) is 33.1 Å². The molecule has 0 saturated heterocycles. The molecule has 1 unspecified atom stereocenters. The average molecular weight is 405 g/mol. The Labute approximate surface area is 171 Å². The number of carbonyl (C=O) groups excluding carboxylic acids is 2. The Balaban J connectivity index is 1.70. The van der Waals surface area contributed by atoms with Gasteiger partial charge in [-0.2, -0.15) is 0 Å². The molecule has 0 bridgehead atoms. The molecule has 4 heterocycles. The molecule has 0 spiro atoms. The van der Waals surface area contributed by atoms with Gasteiger partial charge in [-0.05, 0) is 36.8 Å². The highest BCUT2D eigenvalue weighted by Gasteiger charge is 2.45. The van der Waals surface area contributed by atoms with Gasteiger partial charge in [-0.25, -0.2) is 9.78 Å². The van der Waals surface area contributed by atoms with Gasteiger partial charge >= 0.3 is 5.97 Å². The van der Waals surface area contributed by atoms with Crippen molar-refractivity contribution in [2.45, 2.75) is 39.0 Å². The predicted octanol–water partition coefficient (Wildman–Crippen LogP) is 2.04. The van der Waals surface area contributed by atoms with E-state index in [2.05, 4.69) is 5.32 Å². The lowest BCUT2D eigenvalue weighted by molar-refractivity contribution is -0.172. The Kier molecular flexibility index (Phi) is 3.85. The fourth-order valence-electron chi connectivity index (χ4n) is 4.27. The number of anilines is 1. The first-order valence-electron chi connectivity index (χ1n) is 9.70. The molecule has 8 nitrogen and oxygen atoms in total. The molecular weight excluding hydrogens is 386 g/mol. The van der Waals surface area contributed by atoms with E-state index in [1.165, 1.54) is 6.92 Å². The number of nitrogens with zero attached hydrogens (tertiary/aromatic N) is 2. The molecule has 2 aliphatic heterocycles. The Morgan fingerprint density at radius 1 is 1.30 bits per heavy atom. The second-order valence-corrected chi connectivity index (χ2v) is 7.69. The smallest absolute Gasteiger partial charge is 0.343 e. The highest BCUT2D eigenvalue weighted by Crippen LogP contribution is 2.38. The van der Waals surface area contributed by atoms with E-state index in [0.717, 1.165) is 10.9 Å². The lowest BCUT2D eigenvalue weighted by atomic mass is 9.86. The van der Waals surface area contributed by atoms with Gasteiger partial charge in [0.25, 0.3) is 5.56 Å². The fraction of sp³-hybridized carbons (Fsp3) is 0.273. The SMILES string of the molecule is CCC1(O)C(=O)OCc2c1cc1n(c2=O)Cc2cc3cc(NC(C)=O)ccc3nc2-1. The molecule has 2 aliphatic rings. The number of nitrogens with one attached hydrogen (secondary N) is 1. The van der Waals surface area contributed by atoms with Crippen LogP contribution in [0.1, 0.15) is 37.0 Å². The van der Waals surface area contributed by atoms with Crippen LogP contribution in [0.4, 0.5) is 5.69 Å². The summed E-state index contributed by atoms with van der Waals surface area (Å²) in [5, 5.41) is 14.5. The van der Waals surface area contributed by atoms with E-state index in [1.54, 1.807) is 29.7 Å². The molecule has 1 amide bonds. The zero-order valence-electron chi connectivity index (χ0n) is 16.5. The molecule has 5 rings (SSSR count). The van der Waals surface area contributed by atoms with Gasteiger partial charge in [0, 0.05) is 29.1 Å². The Hall–Kier alpha value is -3.52. The van der Waals surface area contributed by atoms with Crippen LogP contribution in [0, 0.1) is 0 Å². The monoisotopic (exact) mass is 405 g/mol. The van der Waals surface area contributed by atoms with E-state index < -0.39 is 11.6 Å². The third-order valence-electron chi connectivity index (χ3n) is 5.83. The maximum Gasteiger partial charge on any atom is 0.343 e. The van der Waals surface area contributed by atoms with Crippen molar-refractivity contribution in [3.63, 3.8) is 0 Å². The van der Waals surface area contributed by atoms with Crippen molar-refractivity contribution in [1.82, 2.24) is 9.55 Å². The second-order valence-electron chi connectivity index (χ2n) is 7.69. The van der Waals surface area contributed by atoms with E-state index >= 15 is 0 Å². The molecule has 1 aromatic carbocycles. The molecule has 3 aromatic rings. The van der Waals surface area contributed by atoms with Crippen LogP contribution in [0.15, 0.2) is 35.1 Å². The minimum Gasteiger partial charge on any atom is -0.458 e. The van der Waals surface area contributed by atoms with Crippen molar-refractivity contribution in [2.24, 2.45) is 0 Å². The number of benzene rings is 1. The molecule has 0 fully saturated rings. The number of aliphatic hydroxyl groups is 1. The van der Waals surface area contributed by atoms with Gasteiger partial charge in [-0.1, -0.05) is 6.92 Å². The van der Waals surface area contributed by atoms with Crippen molar-refractivity contribution >= 4 is 28.5 Å². The fourth-order valence-corrected chi connectivity index (χ4v) is 4.27. The number of hydrogen-bond acceptors (Lipinski definition) is 6. The number of esters is 1. The molecular formula is C22H19N3O5. The van der Waals surface area contributed by atoms with Gasteiger partial charge < -0.3 is 19.7 Å². The Morgan fingerprint density at radius 2 is 2.10 bits per heavy atom. The number of amides is 1. The zero-order chi connectivity index (χ0) is 21.2. The first-order valence-corrected chi connectivity index (χ1v) is 9.70. The van der Waals surface area contributed by atoms with Gasteiger partial charge in [-0.15, -0.1) is 0 Å². The lowest BCUT2D eigenvalue weighted by Crippen LogP contribution is -2.44. The Bertz CT molecular complexity index is 1330. The number of pyridine rings is 2. The van der Waals surface area contributed by atoms with Gasteiger partial charge in [0.1, 0.15) is 6.61 Å². The summed E-state index contributed by atoms with van der Waals surface area (Å²) in [6, 6.07) is 9.05. The summed E-state index contributed by atoms with van der Waals surface area (Å²) in [6.07, 6.45) is 0.103. The highest BCUT2D eigenvalue weighted by atomic mass is 16.6. The summed E-state index contributed by atoms with van der Waals surface area (Å²) in [5.41, 5.74) is 1.93. The van der Waals surface area contributed by atoms with Crippen molar-refractivity contribution < 1.29 is 19.4 Å². The molecule has 152 valence electrons. The predicted molar refractivity (Wildman–Crippen MR) is 109 cm³/mol. The third-order valence-corrected chi connectivity index (χ3v) is 5.83. The number of aromatic nitrogens is 2. The van der Waals surface area contributed by atoms with Crippen LogP contribution in [0.3, 0.4) is 0 Å². The molecule has 0 radical (unpaired) electrons. The van der Waals surface area contributed by atoms with E-state index in [-0.39, 0.29) is 24.5 Å². The van der Waals surface area contributed by atoms with Crippen molar-refractivity contribution in [3.05, 3.63) is 57.4 Å². The third kappa shape index (κ3) is 2.50. The van der Waals surface area contributed by atoms with Crippen LogP contribution in [0.25, 0.3) is 22.3 Å². The van der Waals surface area contributed by atoms with E-state index in [4.69, 9.17) is 9.72 Å². The lowest BCUT2D eigenvalue weighted by Gasteiger charge is -2.31. The summed E-state index contributed by atoms with van der Waals surface area (Å²) in [6.45, 7) is 3.31. The standard InChI is InChI=1S/C22H19N3O5/c1-3-22(29)16-8-18-19-13(9-25(18)20(27)15(16)10-30-21(22)28)6-12-7-14(23-11(2)26)4-5-17(12)24-19/h4-8,29H,3,9-10H2,1-2H3,(H,23,26). The number of fused-ring (bicyclic) bond motifs is 5. The first-order chi connectivity index (χ1) is 14.3. The molecule has 2 N–H and O–H groups in total. The van der Waals surface area contributed by atoms with E-state index in [9.17, 15) is 19.5 Å². The van der Waals surface area contributed by atoms with Crippen molar-refractivity contribution in [1.29, 1.82) is 0 Å². The van der Waals surface area contributed by atoms with Gasteiger partial charge in [0.05, 0.1) is 29.0 Å². The van der Waals surface area contributed by atoms with Gasteiger partial charge in [0.15, 0.2) is 5.60 Å². The van der Waals surface area contributed by atoms with Crippen LogP contribution in [0.2, 0.25) is 0 Å². The summed E-state index contributed by atoms with van der Waals surface area (Å²) < 4.78 is 6.68. The molecule has 1 atom stereocenters. The van der Waals surface area contributed by atoms with Gasteiger partial charge in [-0.3, -0.25) is 9.59 Å². The normalized spacial score (nSPS) is 19.1. The summed E-state index contributed by atoms with van der Waals surface area (Å²) >= 11 is 0. The topological polar surface area (TPSA) is 111 Å². The first kappa shape index (κ1) is 18.5. The highest BCUT2D eigenvalue weighted by molar-refractivity contribution is 5.93. The largest absolute Gasteiger partial charge is 0.458 e. The quantitative estimate of drug-likeness (QED) is 0.494. The maximum atomic E-state index is 13.1. The molecule has 0 saturated carbocycles.